The van der Waals surface area contributed by atoms with Crippen molar-refractivity contribution in [3.63, 3.8) is 0 Å². The monoisotopic (exact) mass is 479 g/mol. The van der Waals surface area contributed by atoms with E-state index in [9.17, 15) is 19.2 Å². The maximum Gasteiger partial charge on any atom is 0.408 e. The fourth-order valence-corrected chi connectivity index (χ4v) is 4.57. The van der Waals surface area contributed by atoms with Gasteiger partial charge in [0.1, 0.15) is 17.7 Å². The largest absolute Gasteiger partial charge is 0.481 e. The second-order valence-electron chi connectivity index (χ2n) is 10.8. The Morgan fingerprint density at radius 3 is 2.47 bits per heavy atom. The zero-order valence-electron chi connectivity index (χ0n) is 21.1. The number of unbranched alkanes of at least 4 members (excludes halogenated alkanes) is 2. The van der Waals surface area contributed by atoms with Crippen LogP contribution in [0.3, 0.4) is 0 Å². The van der Waals surface area contributed by atoms with E-state index in [0.717, 1.165) is 19.3 Å². The third kappa shape index (κ3) is 8.02. The summed E-state index contributed by atoms with van der Waals surface area (Å²) in [5.74, 6) is -1.86. The van der Waals surface area contributed by atoms with E-state index in [-0.39, 0.29) is 29.6 Å². The van der Waals surface area contributed by atoms with E-state index in [1.54, 1.807) is 20.8 Å². The first kappa shape index (κ1) is 27.7. The summed E-state index contributed by atoms with van der Waals surface area (Å²) in [7, 11) is 0. The Morgan fingerprint density at radius 1 is 1.24 bits per heavy atom. The highest BCUT2D eigenvalue weighted by Crippen LogP contribution is 2.39. The fraction of sp³-hybridized carbons (Fsp3) is 0.760. The molecule has 0 bridgehead atoms. The number of hydrogen-bond donors (Lipinski definition) is 3. The summed E-state index contributed by atoms with van der Waals surface area (Å²) in [5.41, 5.74) is 4.87. The lowest BCUT2D eigenvalue weighted by molar-refractivity contribution is -0.140. The molecule has 0 radical (unpaired) electrons. The Hall–Kier alpha value is -2.58. The SMILES string of the molecule is CC1CCN(C(=O)[C@@H](NC(=O)OC(C)(C)C)C(C)CCCC/C=C\C2CC2C(=O)O)C1C(N)=O. The smallest absolute Gasteiger partial charge is 0.408 e. The summed E-state index contributed by atoms with van der Waals surface area (Å²) in [6.45, 7) is 9.51. The normalized spacial score (nSPS) is 26.2. The molecule has 5 unspecified atom stereocenters. The van der Waals surface area contributed by atoms with Gasteiger partial charge < -0.3 is 25.8 Å². The molecule has 6 atom stereocenters. The molecule has 1 saturated heterocycles. The minimum absolute atomic E-state index is 0.0297. The molecule has 1 saturated carbocycles. The van der Waals surface area contributed by atoms with E-state index in [0.29, 0.717) is 25.8 Å². The molecule has 9 heteroatoms. The Kier molecular flexibility index (Phi) is 9.53. The molecule has 1 aliphatic carbocycles. The number of amides is 3. The van der Waals surface area contributed by atoms with Crippen molar-refractivity contribution in [1.82, 2.24) is 10.2 Å². The Balaban J connectivity index is 1.95. The predicted molar refractivity (Wildman–Crippen MR) is 128 cm³/mol. The molecule has 9 nitrogen and oxygen atoms in total. The van der Waals surface area contributed by atoms with E-state index in [1.165, 1.54) is 4.90 Å². The van der Waals surface area contributed by atoms with Gasteiger partial charge in [-0.15, -0.1) is 0 Å². The van der Waals surface area contributed by atoms with Crippen molar-refractivity contribution in [3.8, 4) is 0 Å². The second kappa shape index (κ2) is 11.7. The first-order valence-electron chi connectivity index (χ1n) is 12.3. The summed E-state index contributed by atoms with van der Waals surface area (Å²) >= 11 is 0. The van der Waals surface area contributed by atoms with E-state index < -0.39 is 35.7 Å². The van der Waals surface area contributed by atoms with Gasteiger partial charge in [0.15, 0.2) is 0 Å². The number of carboxylic acids is 1. The predicted octanol–water partition coefficient (Wildman–Crippen LogP) is 3.08. The first-order valence-corrected chi connectivity index (χ1v) is 12.3. The van der Waals surface area contributed by atoms with Crippen LogP contribution in [0.25, 0.3) is 0 Å². The maximum atomic E-state index is 13.4. The van der Waals surface area contributed by atoms with Crippen LogP contribution in [-0.2, 0) is 19.1 Å². The van der Waals surface area contributed by atoms with Gasteiger partial charge in [0.05, 0.1) is 5.92 Å². The molecule has 2 aliphatic rings. The summed E-state index contributed by atoms with van der Waals surface area (Å²) < 4.78 is 5.37. The minimum Gasteiger partial charge on any atom is -0.481 e. The number of ether oxygens (including phenoxy) is 1. The highest BCUT2D eigenvalue weighted by molar-refractivity contribution is 5.91. The molecule has 1 heterocycles. The van der Waals surface area contributed by atoms with Crippen molar-refractivity contribution in [1.29, 1.82) is 0 Å². The van der Waals surface area contributed by atoms with Gasteiger partial charge >= 0.3 is 12.1 Å². The highest BCUT2D eigenvalue weighted by Gasteiger charge is 2.43. The second-order valence-corrected chi connectivity index (χ2v) is 10.8. The molecule has 0 spiro atoms. The zero-order valence-corrected chi connectivity index (χ0v) is 21.1. The Morgan fingerprint density at radius 2 is 1.91 bits per heavy atom. The lowest BCUT2D eigenvalue weighted by atomic mass is 9.93. The number of primary amides is 1. The number of nitrogens with one attached hydrogen (secondary N) is 1. The number of carboxylic acid groups (broad SMARTS) is 1. The lowest BCUT2D eigenvalue weighted by Gasteiger charge is -2.32. The molecule has 0 aromatic carbocycles. The van der Waals surface area contributed by atoms with Crippen LogP contribution in [-0.4, -0.2) is 58.1 Å². The van der Waals surface area contributed by atoms with Crippen LogP contribution >= 0.6 is 0 Å². The Bertz CT molecular complexity index is 790. The van der Waals surface area contributed by atoms with Crippen LogP contribution in [0.15, 0.2) is 12.2 Å². The molecule has 3 amide bonds. The van der Waals surface area contributed by atoms with Gasteiger partial charge in [0, 0.05) is 6.54 Å². The third-order valence-electron chi connectivity index (χ3n) is 6.60. The molecule has 0 aromatic rings. The number of rotatable bonds is 11. The highest BCUT2D eigenvalue weighted by atomic mass is 16.6. The summed E-state index contributed by atoms with van der Waals surface area (Å²) in [6, 6.07) is -1.50. The van der Waals surface area contributed by atoms with Gasteiger partial charge in [0.25, 0.3) is 0 Å². The van der Waals surface area contributed by atoms with E-state index in [4.69, 9.17) is 15.6 Å². The zero-order chi connectivity index (χ0) is 25.6. The number of hydrogen-bond acceptors (Lipinski definition) is 5. The van der Waals surface area contributed by atoms with Gasteiger partial charge in [0.2, 0.25) is 11.8 Å². The lowest BCUT2D eigenvalue weighted by Crippen LogP contribution is -2.56. The number of likely N-dealkylation sites (tertiary alicyclic amines) is 1. The molecular weight excluding hydrogens is 438 g/mol. The minimum atomic E-state index is -0.819. The van der Waals surface area contributed by atoms with E-state index in [2.05, 4.69) is 5.32 Å². The van der Waals surface area contributed by atoms with Crippen molar-refractivity contribution in [2.24, 2.45) is 29.4 Å². The van der Waals surface area contributed by atoms with Crippen molar-refractivity contribution in [3.05, 3.63) is 12.2 Å². The van der Waals surface area contributed by atoms with Crippen molar-refractivity contribution >= 4 is 23.9 Å². The molecular formula is C25H41N3O6. The van der Waals surface area contributed by atoms with E-state index >= 15 is 0 Å². The third-order valence-corrected chi connectivity index (χ3v) is 6.60. The van der Waals surface area contributed by atoms with Gasteiger partial charge in [-0.1, -0.05) is 32.4 Å². The molecule has 2 fully saturated rings. The molecule has 4 N–H and O–H groups in total. The summed E-state index contributed by atoms with van der Waals surface area (Å²) in [5, 5.41) is 11.7. The van der Waals surface area contributed by atoms with Crippen LogP contribution < -0.4 is 11.1 Å². The van der Waals surface area contributed by atoms with Crippen LogP contribution in [0.4, 0.5) is 4.79 Å². The maximum absolute atomic E-state index is 13.4. The number of nitrogens with zero attached hydrogens (tertiary/aromatic N) is 1. The molecule has 1 aliphatic heterocycles. The topological polar surface area (TPSA) is 139 Å². The molecule has 2 rings (SSSR count). The van der Waals surface area contributed by atoms with Gasteiger partial charge in [-0.2, -0.15) is 0 Å². The number of allylic oxidation sites excluding steroid dienone is 2. The van der Waals surface area contributed by atoms with Crippen LogP contribution in [0.2, 0.25) is 0 Å². The van der Waals surface area contributed by atoms with Crippen LogP contribution in [0, 0.1) is 23.7 Å². The van der Waals surface area contributed by atoms with Gasteiger partial charge in [-0.3, -0.25) is 14.4 Å². The molecule has 34 heavy (non-hydrogen) atoms. The average molecular weight is 480 g/mol. The van der Waals surface area contributed by atoms with E-state index in [1.807, 2.05) is 26.0 Å². The van der Waals surface area contributed by atoms with Gasteiger partial charge in [-0.05, 0) is 70.6 Å². The number of carbonyl (C=O) groups excluding carboxylic acids is 3. The van der Waals surface area contributed by atoms with Gasteiger partial charge in [-0.25, -0.2) is 4.79 Å². The number of alkyl carbamates (subject to hydrolysis) is 1. The summed E-state index contributed by atoms with van der Waals surface area (Å²) in [6.07, 6.45) is 8.01. The number of aliphatic carboxylic acids is 1. The number of nitrogens with two attached hydrogens (primary N) is 1. The summed E-state index contributed by atoms with van der Waals surface area (Å²) in [4.78, 5) is 50.3. The number of carbonyl (C=O) groups is 4. The standard InChI is InChI=1S/C25H41N3O6/c1-15(10-8-6-7-9-11-17-14-18(17)23(31)32)19(27-24(33)34-25(3,4)5)22(30)28-13-12-16(2)20(28)21(26)29/h9,11,15-20H,6-8,10,12-14H2,1-5H3,(H2,26,29)(H,27,33)(H,31,32)/b11-9-/t15?,16?,17?,18?,19-,20?/m0/s1. The first-order chi connectivity index (χ1) is 15.8. The van der Waals surface area contributed by atoms with Crippen molar-refractivity contribution < 1.29 is 29.0 Å². The van der Waals surface area contributed by atoms with Crippen molar-refractivity contribution in [2.75, 3.05) is 6.54 Å². The van der Waals surface area contributed by atoms with Crippen LogP contribution in [0.1, 0.15) is 73.1 Å². The fourth-order valence-electron chi connectivity index (χ4n) is 4.57. The molecule has 0 aromatic heterocycles. The molecule has 192 valence electrons. The van der Waals surface area contributed by atoms with Crippen LogP contribution in [0.5, 0.6) is 0 Å². The van der Waals surface area contributed by atoms with Crippen molar-refractivity contribution in [2.45, 2.75) is 90.8 Å². The average Bonchev–Trinajstić information content (AvgIpc) is 3.39. The quantitative estimate of drug-likeness (QED) is 0.307. The Labute approximate surface area is 202 Å².